The van der Waals surface area contributed by atoms with E-state index in [0.717, 1.165) is 5.33 Å². The van der Waals surface area contributed by atoms with E-state index in [4.69, 9.17) is 4.74 Å². The molecule has 0 fully saturated rings. The molecule has 12 heavy (non-hydrogen) atoms. The summed E-state index contributed by atoms with van der Waals surface area (Å²) in [5, 5.41) is 0.820. The zero-order valence-corrected chi connectivity index (χ0v) is 8.93. The summed E-state index contributed by atoms with van der Waals surface area (Å²) in [6, 6.07) is 0. The summed E-state index contributed by atoms with van der Waals surface area (Å²) in [4.78, 5) is 10.3. The van der Waals surface area contributed by atoms with Crippen LogP contribution in [0.25, 0.3) is 0 Å². The van der Waals surface area contributed by atoms with Gasteiger partial charge in [0.05, 0.1) is 0 Å². The van der Waals surface area contributed by atoms with Gasteiger partial charge < -0.3 is 4.74 Å². The van der Waals surface area contributed by atoms with Gasteiger partial charge in [0, 0.05) is 12.3 Å². The third-order valence-electron chi connectivity index (χ3n) is 1.24. The molecule has 0 aromatic rings. The summed E-state index contributed by atoms with van der Waals surface area (Å²) in [6.07, 6.45) is 5.74. The van der Waals surface area contributed by atoms with Crippen molar-refractivity contribution < 1.29 is 9.53 Å². The van der Waals surface area contributed by atoms with Gasteiger partial charge in [0.25, 0.3) is 0 Å². The number of rotatable bonds is 4. The predicted molar refractivity (Wildman–Crippen MR) is 53.3 cm³/mol. The number of halogens is 1. The smallest absolute Gasteiger partial charge is 0.302 e. The van der Waals surface area contributed by atoms with Gasteiger partial charge in [0.2, 0.25) is 0 Å². The Labute approximate surface area is 81.4 Å². The number of hydrogen-bond acceptors (Lipinski definition) is 2. The fraction of sp³-hybridized carbons (Fsp3) is 0.444. The fourth-order valence-electron chi connectivity index (χ4n) is 0.583. The van der Waals surface area contributed by atoms with Crippen LogP contribution >= 0.6 is 15.9 Å². The Kier molecular flexibility index (Phi) is 6.76. The van der Waals surface area contributed by atoms with E-state index in [-0.39, 0.29) is 5.97 Å². The van der Waals surface area contributed by atoms with E-state index in [1.807, 2.05) is 25.2 Å². The molecule has 0 aliphatic rings. The van der Waals surface area contributed by atoms with E-state index in [2.05, 4.69) is 15.9 Å². The maximum Gasteiger partial charge on any atom is 0.302 e. The van der Waals surface area contributed by atoms with Gasteiger partial charge in [0.15, 0.2) is 0 Å². The summed E-state index contributed by atoms with van der Waals surface area (Å²) >= 11 is 3.33. The average Bonchev–Trinajstić information content (AvgIpc) is 2.04. The minimum Gasteiger partial charge on any atom is -0.462 e. The molecule has 0 bridgehead atoms. The highest BCUT2D eigenvalue weighted by molar-refractivity contribution is 9.09. The number of carbonyl (C=O) groups excluding carboxylic acids is 1. The fourth-order valence-corrected chi connectivity index (χ4v) is 1.09. The van der Waals surface area contributed by atoms with E-state index in [1.165, 1.54) is 12.5 Å². The molecule has 68 valence electrons. The Bertz CT molecular complexity index is 195. The molecule has 0 unspecified atom stereocenters. The molecule has 0 amide bonds. The first-order chi connectivity index (χ1) is 5.70. The summed E-state index contributed by atoms with van der Waals surface area (Å²) in [5.41, 5.74) is 1.17. The first-order valence-electron chi connectivity index (χ1n) is 3.71. The van der Waals surface area contributed by atoms with E-state index in [1.54, 1.807) is 0 Å². The van der Waals surface area contributed by atoms with Crippen molar-refractivity contribution in [1.29, 1.82) is 0 Å². The molecular weight excluding hydrogens is 220 g/mol. The zero-order chi connectivity index (χ0) is 9.40. The molecule has 0 aliphatic carbocycles. The first kappa shape index (κ1) is 11.4. The van der Waals surface area contributed by atoms with Crippen molar-refractivity contribution >= 4 is 21.9 Å². The summed E-state index contributed by atoms with van der Waals surface area (Å²) in [7, 11) is 0. The highest BCUT2D eigenvalue weighted by atomic mass is 79.9. The number of ether oxygens (including phenoxy) is 1. The third kappa shape index (κ3) is 6.16. The Morgan fingerprint density at radius 1 is 1.58 bits per heavy atom. The zero-order valence-electron chi connectivity index (χ0n) is 7.34. The van der Waals surface area contributed by atoms with Gasteiger partial charge in [-0.1, -0.05) is 28.1 Å². The van der Waals surface area contributed by atoms with Gasteiger partial charge in [-0.3, -0.25) is 4.79 Å². The molecule has 0 N–H and O–H groups in total. The van der Waals surface area contributed by atoms with Crippen molar-refractivity contribution in [2.75, 3.05) is 11.9 Å². The maximum absolute atomic E-state index is 10.3. The lowest BCUT2D eigenvalue weighted by Gasteiger charge is -1.95. The van der Waals surface area contributed by atoms with E-state index in [0.29, 0.717) is 6.61 Å². The van der Waals surface area contributed by atoms with Crippen LogP contribution in [0.5, 0.6) is 0 Å². The van der Waals surface area contributed by atoms with Crippen molar-refractivity contribution in [2.45, 2.75) is 13.8 Å². The SMILES string of the molecule is C/C=C(\C=C/COC(C)=O)CBr. The molecule has 0 heterocycles. The molecule has 3 heteroatoms. The van der Waals surface area contributed by atoms with Crippen LogP contribution in [0.2, 0.25) is 0 Å². The van der Waals surface area contributed by atoms with Crippen molar-refractivity contribution in [1.82, 2.24) is 0 Å². The first-order valence-corrected chi connectivity index (χ1v) is 4.84. The molecule has 2 nitrogen and oxygen atoms in total. The second-order valence-electron chi connectivity index (χ2n) is 2.20. The molecule has 0 spiro atoms. The minimum atomic E-state index is -0.250. The van der Waals surface area contributed by atoms with Crippen LogP contribution in [-0.2, 0) is 9.53 Å². The lowest BCUT2D eigenvalue weighted by Crippen LogP contribution is -1.97. The van der Waals surface area contributed by atoms with Crippen molar-refractivity contribution in [2.24, 2.45) is 0 Å². The largest absolute Gasteiger partial charge is 0.462 e. The lowest BCUT2D eigenvalue weighted by atomic mass is 10.3. The van der Waals surface area contributed by atoms with Crippen LogP contribution in [0.4, 0.5) is 0 Å². The summed E-state index contributed by atoms with van der Waals surface area (Å²) in [5.74, 6) is -0.250. The van der Waals surface area contributed by atoms with Gasteiger partial charge in [-0.25, -0.2) is 0 Å². The van der Waals surface area contributed by atoms with E-state index >= 15 is 0 Å². The molecule has 0 atom stereocenters. The maximum atomic E-state index is 10.3. The second kappa shape index (κ2) is 7.10. The normalized spacial score (nSPS) is 12.1. The third-order valence-corrected chi connectivity index (χ3v) is 1.89. The highest BCUT2D eigenvalue weighted by Crippen LogP contribution is 2.00. The topological polar surface area (TPSA) is 26.3 Å². The number of allylic oxidation sites excluding steroid dienone is 3. The van der Waals surface area contributed by atoms with Crippen LogP contribution in [0.3, 0.4) is 0 Å². The van der Waals surface area contributed by atoms with Gasteiger partial charge in [0.1, 0.15) is 6.61 Å². The predicted octanol–water partition coefficient (Wildman–Crippen LogP) is 2.45. The van der Waals surface area contributed by atoms with Crippen LogP contribution in [-0.4, -0.2) is 17.9 Å². The molecule has 0 saturated carbocycles. The Morgan fingerprint density at radius 2 is 2.25 bits per heavy atom. The van der Waals surface area contributed by atoms with Crippen LogP contribution in [0, 0.1) is 0 Å². The monoisotopic (exact) mass is 232 g/mol. The van der Waals surface area contributed by atoms with Crippen LogP contribution < -0.4 is 0 Å². The number of alkyl halides is 1. The molecular formula is C9H13BrO2. The quantitative estimate of drug-likeness (QED) is 0.423. The highest BCUT2D eigenvalue weighted by Gasteiger charge is 1.88. The van der Waals surface area contributed by atoms with Crippen molar-refractivity contribution in [3.63, 3.8) is 0 Å². The summed E-state index contributed by atoms with van der Waals surface area (Å²) in [6.45, 7) is 3.71. The Hall–Kier alpha value is -0.570. The van der Waals surface area contributed by atoms with Gasteiger partial charge in [-0.15, -0.1) is 0 Å². The molecule has 0 rings (SSSR count). The van der Waals surface area contributed by atoms with Gasteiger partial charge in [-0.2, -0.15) is 0 Å². The van der Waals surface area contributed by atoms with Crippen LogP contribution in [0.1, 0.15) is 13.8 Å². The molecule has 0 radical (unpaired) electrons. The van der Waals surface area contributed by atoms with Crippen LogP contribution in [0.15, 0.2) is 23.8 Å². The molecule has 0 aromatic heterocycles. The average molecular weight is 233 g/mol. The molecule has 0 saturated heterocycles. The number of hydrogen-bond donors (Lipinski definition) is 0. The molecule has 0 aliphatic heterocycles. The second-order valence-corrected chi connectivity index (χ2v) is 2.76. The van der Waals surface area contributed by atoms with Crippen molar-refractivity contribution in [3.05, 3.63) is 23.8 Å². The Balaban J connectivity index is 3.68. The van der Waals surface area contributed by atoms with Gasteiger partial charge in [-0.05, 0) is 18.6 Å². The standard InChI is InChI=1S/C9H13BrO2/c1-3-9(7-10)5-4-6-12-8(2)11/h3-5H,6-7H2,1-2H3/b5-4-,9-3+. The van der Waals surface area contributed by atoms with Crippen molar-refractivity contribution in [3.8, 4) is 0 Å². The van der Waals surface area contributed by atoms with Gasteiger partial charge >= 0.3 is 5.97 Å². The lowest BCUT2D eigenvalue weighted by molar-refractivity contribution is -0.139. The molecule has 0 aromatic carbocycles. The minimum absolute atomic E-state index is 0.250. The summed E-state index contributed by atoms with van der Waals surface area (Å²) < 4.78 is 4.71. The number of esters is 1. The number of carbonyl (C=O) groups is 1. The van der Waals surface area contributed by atoms with E-state index in [9.17, 15) is 4.79 Å². The van der Waals surface area contributed by atoms with E-state index < -0.39 is 0 Å². The Morgan fingerprint density at radius 3 is 2.67 bits per heavy atom.